The zero-order valence-corrected chi connectivity index (χ0v) is 11.5. The van der Waals surface area contributed by atoms with Crippen LogP contribution in [0.2, 0.25) is 0 Å². The van der Waals surface area contributed by atoms with Gasteiger partial charge in [-0.15, -0.1) is 0 Å². The van der Waals surface area contributed by atoms with E-state index >= 15 is 0 Å². The van der Waals surface area contributed by atoms with E-state index in [1.54, 1.807) is 18.2 Å². The first kappa shape index (κ1) is 16.6. The van der Waals surface area contributed by atoms with Crippen LogP contribution in [0, 0.1) is 0 Å². The Morgan fingerprint density at radius 1 is 1.25 bits per heavy atom. The van der Waals surface area contributed by atoms with Crippen molar-refractivity contribution in [2.45, 2.75) is 31.5 Å². The molecule has 0 saturated carbocycles. The number of nitrogens with two attached hydrogens (primary N) is 1. The van der Waals surface area contributed by atoms with Crippen LogP contribution in [0.5, 0.6) is 11.5 Å². The molecule has 0 bridgehead atoms. The van der Waals surface area contributed by atoms with Crippen LogP contribution in [0.15, 0.2) is 18.2 Å². The zero-order chi connectivity index (χ0) is 15.2. The number of hydrogen-bond donors (Lipinski definition) is 2. The minimum atomic E-state index is -4.16. The monoisotopic (exact) mass is 292 g/mol. The molecule has 20 heavy (non-hydrogen) atoms. The molecule has 4 nitrogen and oxygen atoms in total. The fourth-order valence-electron chi connectivity index (χ4n) is 1.95. The molecule has 0 amide bonds. The van der Waals surface area contributed by atoms with Crippen LogP contribution < -0.4 is 20.7 Å². The summed E-state index contributed by atoms with van der Waals surface area (Å²) in [6, 6.07) is 4.69. The van der Waals surface area contributed by atoms with Crippen LogP contribution in [0.25, 0.3) is 0 Å². The highest BCUT2D eigenvalue weighted by atomic mass is 19.4. The van der Waals surface area contributed by atoms with Gasteiger partial charge in [0.25, 0.3) is 0 Å². The predicted molar refractivity (Wildman–Crippen MR) is 69.5 cm³/mol. The number of hydrogen-bond acceptors (Lipinski definition) is 4. The van der Waals surface area contributed by atoms with Gasteiger partial charge in [-0.3, -0.25) is 11.3 Å². The van der Waals surface area contributed by atoms with Crippen LogP contribution in [-0.4, -0.2) is 20.4 Å². The van der Waals surface area contributed by atoms with Crippen molar-refractivity contribution in [3.63, 3.8) is 0 Å². The van der Waals surface area contributed by atoms with E-state index in [-0.39, 0.29) is 12.8 Å². The van der Waals surface area contributed by atoms with Crippen molar-refractivity contribution in [3.8, 4) is 11.5 Å². The van der Waals surface area contributed by atoms with Gasteiger partial charge >= 0.3 is 6.18 Å². The van der Waals surface area contributed by atoms with Crippen molar-refractivity contribution in [1.29, 1.82) is 0 Å². The first-order chi connectivity index (χ1) is 9.41. The van der Waals surface area contributed by atoms with E-state index in [0.29, 0.717) is 17.1 Å². The Hall–Kier alpha value is -1.47. The lowest BCUT2D eigenvalue weighted by molar-refractivity contribution is -0.135. The summed E-state index contributed by atoms with van der Waals surface area (Å²) in [5, 5.41) is 0. The summed E-state index contributed by atoms with van der Waals surface area (Å²) >= 11 is 0. The third-order valence-electron chi connectivity index (χ3n) is 2.97. The molecule has 0 aliphatic carbocycles. The molecule has 3 N–H and O–H groups in total. The molecule has 0 radical (unpaired) electrons. The van der Waals surface area contributed by atoms with Gasteiger partial charge in [0, 0.05) is 18.0 Å². The van der Waals surface area contributed by atoms with Gasteiger partial charge in [0.15, 0.2) is 0 Å². The highest BCUT2D eigenvalue weighted by molar-refractivity contribution is 5.42. The van der Waals surface area contributed by atoms with Crippen LogP contribution in [0.1, 0.15) is 30.9 Å². The number of nitrogens with one attached hydrogen (secondary N) is 1. The summed E-state index contributed by atoms with van der Waals surface area (Å²) in [5.41, 5.74) is 3.21. The standard InChI is InChI=1S/C13H19F3N2O2/c1-19-9-5-6-12(20-2)10(8-9)11(18-17)4-3-7-13(14,15)16/h5-6,8,11,18H,3-4,7,17H2,1-2H3. The second-order valence-corrected chi connectivity index (χ2v) is 4.33. The lowest BCUT2D eigenvalue weighted by atomic mass is 10.00. The summed E-state index contributed by atoms with van der Waals surface area (Å²) in [6.45, 7) is 0. The molecule has 0 heterocycles. The predicted octanol–water partition coefficient (Wildman–Crippen LogP) is 2.94. The molecule has 0 saturated heterocycles. The van der Waals surface area contributed by atoms with Gasteiger partial charge in [-0.05, 0) is 31.0 Å². The van der Waals surface area contributed by atoms with Crippen LogP contribution >= 0.6 is 0 Å². The van der Waals surface area contributed by atoms with E-state index in [0.717, 1.165) is 0 Å². The van der Waals surface area contributed by atoms with Crippen LogP contribution in [0.4, 0.5) is 13.2 Å². The Bertz CT molecular complexity index is 425. The molecule has 7 heteroatoms. The quantitative estimate of drug-likeness (QED) is 0.599. The first-order valence-corrected chi connectivity index (χ1v) is 6.16. The maximum atomic E-state index is 12.2. The molecule has 1 aromatic rings. The number of alkyl halides is 3. The van der Waals surface area contributed by atoms with Crippen molar-refractivity contribution in [2.75, 3.05) is 14.2 Å². The van der Waals surface area contributed by atoms with E-state index in [2.05, 4.69) is 5.43 Å². The minimum absolute atomic E-state index is 0.0151. The zero-order valence-electron chi connectivity index (χ0n) is 11.5. The van der Waals surface area contributed by atoms with E-state index in [1.807, 2.05) is 0 Å². The summed E-state index contributed by atoms with van der Waals surface area (Å²) < 4.78 is 46.8. The Balaban J connectivity index is 2.82. The molecule has 1 unspecified atom stereocenters. The Morgan fingerprint density at radius 2 is 1.95 bits per heavy atom. The molecular formula is C13H19F3N2O2. The molecule has 0 fully saturated rings. The smallest absolute Gasteiger partial charge is 0.389 e. The maximum absolute atomic E-state index is 12.2. The van der Waals surface area contributed by atoms with Crippen molar-refractivity contribution < 1.29 is 22.6 Å². The first-order valence-electron chi connectivity index (χ1n) is 6.16. The van der Waals surface area contributed by atoms with Crippen molar-refractivity contribution in [1.82, 2.24) is 5.43 Å². The molecule has 114 valence electrons. The van der Waals surface area contributed by atoms with Crippen LogP contribution in [-0.2, 0) is 0 Å². The fraction of sp³-hybridized carbons (Fsp3) is 0.538. The second kappa shape index (κ2) is 7.35. The normalized spacial score (nSPS) is 13.1. The summed E-state index contributed by atoms with van der Waals surface area (Å²) in [4.78, 5) is 0. The lowest BCUT2D eigenvalue weighted by Crippen LogP contribution is -2.28. The Labute approximate surface area is 116 Å². The summed E-state index contributed by atoms with van der Waals surface area (Å²) in [6.07, 6.45) is -4.76. The average molecular weight is 292 g/mol. The van der Waals surface area contributed by atoms with Crippen molar-refractivity contribution in [3.05, 3.63) is 23.8 Å². The van der Waals surface area contributed by atoms with Gasteiger partial charge in [-0.25, -0.2) is 0 Å². The van der Waals surface area contributed by atoms with Gasteiger partial charge in [0.05, 0.1) is 14.2 Å². The van der Waals surface area contributed by atoms with Gasteiger partial charge < -0.3 is 9.47 Å². The SMILES string of the molecule is COc1ccc(OC)c(C(CCCC(F)(F)F)NN)c1. The highest BCUT2D eigenvalue weighted by Crippen LogP contribution is 2.32. The summed E-state index contributed by atoms with van der Waals surface area (Å²) in [5.74, 6) is 6.59. The molecule has 1 atom stereocenters. The largest absolute Gasteiger partial charge is 0.497 e. The number of benzene rings is 1. The van der Waals surface area contributed by atoms with Gasteiger partial charge in [0.2, 0.25) is 0 Å². The Morgan fingerprint density at radius 3 is 2.45 bits per heavy atom. The van der Waals surface area contributed by atoms with Crippen molar-refractivity contribution in [2.24, 2.45) is 5.84 Å². The Kier molecular flexibility index (Phi) is 6.09. The molecule has 0 aromatic heterocycles. The van der Waals surface area contributed by atoms with Crippen molar-refractivity contribution >= 4 is 0 Å². The number of hydrazine groups is 1. The van der Waals surface area contributed by atoms with E-state index in [1.165, 1.54) is 14.2 Å². The topological polar surface area (TPSA) is 56.5 Å². The molecule has 0 spiro atoms. The van der Waals surface area contributed by atoms with Gasteiger partial charge in [-0.2, -0.15) is 13.2 Å². The van der Waals surface area contributed by atoms with Crippen LogP contribution in [0.3, 0.4) is 0 Å². The molecular weight excluding hydrogens is 273 g/mol. The minimum Gasteiger partial charge on any atom is -0.497 e. The third-order valence-corrected chi connectivity index (χ3v) is 2.97. The van der Waals surface area contributed by atoms with E-state index in [4.69, 9.17) is 15.3 Å². The summed E-state index contributed by atoms with van der Waals surface area (Å²) in [7, 11) is 3.01. The average Bonchev–Trinajstić information content (AvgIpc) is 2.41. The van der Waals surface area contributed by atoms with Gasteiger partial charge in [-0.1, -0.05) is 0 Å². The maximum Gasteiger partial charge on any atom is 0.389 e. The second-order valence-electron chi connectivity index (χ2n) is 4.33. The highest BCUT2D eigenvalue weighted by Gasteiger charge is 2.27. The van der Waals surface area contributed by atoms with Gasteiger partial charge in [0.1, 0.15) is 11.5 Å². The number of halogens is 3. The number of ether oxygens (including phenoxy) is 2. The number of methoxy groups -OCH3 is 2. The number of rotatable bonds is 7. The molecule has 0 aliphatic heterocycles. The van der Waals surface area contributed by atoms with E-state index in [9.17, 15) is 13.2 Å². The molecule has 1 rings (SSSR count). The third kappa shape index (κ3) is 4.90. The van der Waals surface area contributed by atoms with E-state index < -0.39 is 18.6 Å². The molecule has 0 aliphatic rings. The fourth-order valence-corrected chi connectivity index (χ4v) is 1.95. The molecule has 1 aromatic carbocycles. The lowest BCUT2D eigenvalue weighted by Gasteiger charge is -2.20.